The molecule has 0 aliphatic carbocycles. The van der Waals surface area contributed by atoms with E-state index in [0.717, 1.165) is 11.3 Å². The van der Waals surface area contributed by atoms with Gasteiger partial charge >= 0.3 is 0 Å². The van der Waals surface area contributed by atoms with Crippen molar-refractivity contribution >= 4 is 46.4 Å². The summed E-state index contributed by atoms with van der Waals surface area (Å²) < 4.78 is 0. The topological polar surface area (TPSA) is 70.2 Å². The molecule has 0 aromatic heterocycles. The summed E-state index contributed by atoms with van der Waals surface area (Å²) >= 11 is 11.8. The number of rotatable bonds is 7. The molecule has 148 valence electrons. The summed E-state index contributed by atoms with van der Waals surface area (Å²) in [7, 11) is 0. The van der Waals surface area contributed by atoms with Crippen molar-refractivity contribution in [1.82, 2.24) is 5.32 Å². The van der Waals surface area contributed by atoms with Crippen molar-refractivity contribution in [3.05, 3.63) is 94.0 Å². The number of carbonyl (C=O) groups excluding carboxylic acids is 2. The molecule has 0 saturated carbocycles. The minimum atomic E-state index is -0.229. The Hall–Kier alpha value is -3.02. The van der Waals surface area contributed by atoms with Crippen molar-refractivity contribution in [2.75, 3.05) is 17.2 Å². The lowest BCUT2D eigenvalue weighted by molar-refractivity contribution is -0.114. The molecule has 0 aliphatic heterocycles. The van der Waals surface area contributed by atoms with Crippen LogP contribution in [0.5, 0.6) is 0 Å². The number of anilines is 2. The van der Waals surface area contributed by atoms with Gasteiger partial charge in [0.05, 0.1) is 16.6 Å². The van der Waals surface area contributed by atoms with Gasteiger partial charge in [0.1, 0.15) is 0 Å². The average molecular weight is 428 g/mol. The highest BCUT2D eigenvalue weighted by Gasteiger charge is 2.07. The van der Waals surface area contributed by atoms with Crippen LogP contribution in [0, 0.1) is 0 Å². The minimum absolute atomic E-state index is 0.0692. The van der Waals surface area contributed by atoms with Gasteiger partial charge in [-0.25, -0.2) is 0 Å². The lowest BCUT2D eigenvalue weighted by Crippen LogP contribution is -2.23. The molecule has 3 aromatic rings. The van der Waals surface area contributed by atoms with E-state index in [1.54, 1.807) is 42.5 Å². The molecule has 3 N–H and O–H groups in total. The fourth-order valence-electron chi connectivity index (χ4n) is 2.58. The molecule has 2 amide bonds. The summed E-state index contributed by atoms with van der Waals surface area (Å²) in [5.74, 6) is -0.383. The van der Waals surface area contributed by atoms with Crippen LogP contribution >= 0.6 is 23.2 Å². The molecule has 0 fully saturated rings. The van der Waals surface area contributed by atoms with Gasteiger partial charge in [-0.1, -0.05) is 53.5 Å². The monoisotopic (exact) mass is 427 g/mol. The maximum atomic E-state index is 12.2. The average Bonchev–Trinajstić information content (AvgIpc) is 2.74. The number of benzene rings is 3. The molecule has 0 saturated heterocycles. The first-order chi connectivity index (χ1) is 14.0. The van der Waals surface area contributed by atoms with Crippen molar-refractivity contribution in [2.24, 2.45) is 0 Å². The third-order valence-corrected chi connectivity index (χ3v) is 4.84. The quantitative estimate of drug-likeness (QED) is 0.498. The van der Waals surface area contributed by atoms with Crippen molar-refractivity contribution in [3.8, 4) is 0 Å². The highest BCUT2D eigenvalue weighted by atomic mass is 35.5. The van der Waals surface area contributed by atoms with E-state index < -0.39 is 0 Å². The lowest BCUT2D eigenvalue weighted by Gasteiger charge is -2.09. The molecule has 0 radical (unpaired) electrons. The molecular formula is C22H19Cl2N3O2. The van der Waals surface area contributed by atoms with Crippen LogP contribution in [0.3, 0.4) is 0 Å². The van der Waals surface area contributed by atoms with Gasteiger partial charge in [0.15, 0.2) is 0 Å². The molecule has 0 heterocycles. The zero-order chi connectivity index (χ0) is 20.6. The van der Waals surface area contributed by atoms with Crippen LogP contribution < -0.4 is 16.0 Å². The summed E-state index contributed by atoms with van der Waals surface area (Å²) in [5, 5.41) is 9.42. The van der Waals surface area contributed by atoms with Crippen molar-refractivity contribution < 1.29 is 9.59 Å². The predicted molar refractivity (Wildman–Crippen MR) is 118 cm³/mol. The Morgan fingerprint density at radius 3 is 2.17 bits per heavy atom. The zero-order valence-electron chi connectivity index (χ0n) is 15.4. The third-order valence-electron chi connectivity index (χ3n) is 4.10. The molecule has 29 heavy (non-hydrogen) atoms. The molecule has 5 nitrogen and oxygen atoms in total. The van der Waals surface area contributed by atoms with E-state index in [-0.39, 0.29) is 18.4 Å². The Balaban J connectivity index is 1.47. The lowest BCUT2D eigenvalue weighted by atomic mass is 10.1. The van der Waals surface area contributed by atoms with Gasteiger partial charge in [-0.05, 0) is 48.0 Å². The first kappa shape index (κ1) is 20.7. The number of halogens is 2. The SMILES string of the molecule is O=C(CNc1ccc(C(=O)NCc2ccccc2)cc1)Nc1ccc(Cl)c(Cl)c1. The number of nitrogens with one attached hydrogen (secondary N) is 3. The van der Waals surface area contributed by atoms with Gasteiger partial charge in [-0.2, -0.15) is 0 Å². The van der Waals surface area contributed by atoms with Crippen LogP contribution in [0.1, 0.15) is 15.9 Å². The molecule has 0 bridgehead atoms. The van der Waals surface area contributed by atoms with E-state index in [9.17, 15) is 9.59 Å². The first-order valence-electron chi connectivity index (χ1n) is 8.92. The highest BCUT2D eigenvalue weighted by molar-refractivity contribution is 6.42. The minimum Gasteiger partial charge on any atom is -0.376 e. The highest BCUT2D eigenvalue weighted by Crippen LogP contribution is 2.24. The van der Waals surface area contributed by atoms with Gasteiger partial charge in [0.2, 0.25) is 5.91 Å². The predicted octanol–water partition coefficient (Wildman–Crippen LogP) is 4.97. The molecule has 3 aromatic carbocycles. The van der Waals surface area contributed by atoms with E-state index in [1.165, 1.54) is 0 Å². The number of carbonyl (C=O) groups is 2. The Morgan fingerprint density at radius 1 is 0.793 bits per heavy atom. The van der Waals surface area contributed by atoms with E-state index in [0.29, 0.717) is 27.8 Å². The van der Waals surface area contributed by atoms with Gasteiger partial charge in [0.25, 0.3) is 5.91 Å². The Morgan fingerprint density at radius 2 is 1.48 bits per heavy atom. The molecular weight excluding hydrogens is 409 g/mol. The van der Waals surface area contributed by atoms with Crippen molar-refractivity contribution in [3.63, 3.8) is 0 Å². The Labute approximate surface area is 179 Å². The van der Waals surface area contributed by atoms with Crippen molar-refractivity contribution in [1.29, 1.82) is 0 Å². The standard InChI is InChI=1S/C22H19Cl2N3O2/c23-19-11-10-18(12-20(19)24)27-21(28)14-25-17-8-6-16(7-9-17)22(29)26-13-15-4-2-1-3-5-15/h1-12,25H,13-14H2,(H,26,29)(H,27,28). The van der Waals surface area contributed by atoms with E-state index in [4.69, 9.17) is 23.2 Å². The van der Waals surface area contributed by atoms with Crippen LogP contribution in [-0.4, -0.2) is 18.4 Å². The fourth-order valence-corrected chi connectivity index (χ4v) is 2.88. The first-order valence-corrected chi connectivity index (χ1v) is 9.68. The third kappa shape index (κ3) is 6.24. The van der Waals surface area contributed by atoms with Crippen LogP contribution in [-0.2, 0) is 11.3 Å². The van der Waals surface area contributed by atoms with Gasteiger partial charge in [-0.15, -0.1) is 0 Å². The smallest absolute Gasteiger partial charge is 0.251 e. The second kappa shape index (κ2) is 9.96. The number of hydrogen-bond donors (Lipinski definition) is 3. The second-order valence-electron chi connectivity index (χ2n) is 6.28. The van der Waals surface area contributed by atoms with Crippen LogP contribution in [0.25, 0.3) is 0 Å². The molecule has 0 unspecified atom stereocenters. The summed E-state index contributed by atoms with van der Waals surface area (Å²) in [5.41, 5.74) is 2.88. The maximum Gasteiger partial charge on any atom is 0.251 e. The van der Waals surface area contributed by atoms with E-state index in [2.05, 4.69) is 16.0 Å². The summed E-state index contributed by atoms with van der Waals surface area (Å²) in [6, 6.07) is 21.5. The van der Waals surface area contributed by atoms with Crippen LogP contribution in [0.2, 0.25) is 10.0 Å². The number of hydrogen-bond acceptors (Lipinski definition) is 3. The van der Waals surface area contributed by atoms with E-state index >= 15 is 0 Å². The Bertz CT molecular complexity index is 993. The van der Waals surface area contributed by atoms with Crippen molar-refractivity contribution in [2.45, 2.75) is 6.54 Å². The molecule has 0 aliphatic rings. The van der Waals surface area contributed by atoms with E-state index in [1.807, 2.05) is 30.3 Å². The van der Waals surface area contributed by atoms with Crippen LogP contribution in [0.4, 0.5) is 11.4 Å². The molecule has 0 atom stereocenters. The number of amides is 2. The molecule has 0 spiro atoms. The zero-order valence-corrected chi connectivity index (χ0v) is 16.9. The fraction of sp³-hybridized carbons (Fsp3) is 0.0909. The van der Waals surface area contributed by atoms with Gasteiger partial charge in [-0.3, -0.25) is 9.59 Å². The normalized spacial score (nSPS) is 10.3. The Kier molecular flexibility index (Phi) is 7.11. The largest absolute Gasteiger partial charge is 0.376 e. The maximum absolute atomic E-state index is 12.2. The second-order valence-corrected chi connectivity index (χ2v) is 7.09. The molecule has 3 rings (SSSR count). The van der Waals surface area contributed by atoms with Gasteiger partial charge < -0.3 is 16.0 Å². The van der Waals surface area contributed by atoms with Gasteiger partial charge in [0, 0.05) is 23.5 Å². The summed E-state index contributed by atoms with van der Waals surface area (Å²) in [6.07, 6.45) is 0. The van der Waals surface area contributed by atoms with Crippen LogP contribution in [0.15, 0.2) is 72.8 Å². The molecule has 7 heteroatoms. The summed E-state index contributed by atoms with van der Waals surface area (Å²) in [4.78, 5) is 24.3. The summed E-state index contributed by atoms with van der Waals surface area (Å²) in [6.45, 7) is 0.536.